The number of aromatic nitrogens is 3. The average Bonchev–Trinajstić information content (AvgIpc) is 2.75. The van der Waals surface area contributed by atoms with Crippen LogP contribution in [0.2, 0.25) is 0 Å². The van der Waals surface area contributed by atoms with Crippen LogP contribution in [0.25, 0.3) is 0 Å². The van der Waals surface area contributed by atoms with Crippen LogP contribution in [0.4, 0.5) is 10.3 Å². The van der Waals surface area contributed by atoms with Crippen LogP contribution in [0, 0.1) is 12.7 Å². The Bertz CT molecular complexity index is 1010. The van der Waals surface area contributed by atoms with E-state index in [4.69, 9.17) is 9.72 Å². The molecule has 3 heterocycles. The number of morpholine rings is 1. The molecule has 0 bridgehead atoms. The first-order chi connectivity index (χ1) is 15.0. The van der Waals surface area contributed by atoms with Gasteiger partial charge in [0.25, 0.3) is 0 Å². The molecule has 6 nitrogen and oxygen atoms in total. The monoisotopic (exact) mass is 421 g/mol. The molecule has 1 atom stereocenters. The summed E-state index contributed by atoms with van der Waals surface area (Å²) >= 11 is 0. The number of benzene rings is 1. The molecule has 1 unspecified atom stereocenters. The average molecular weight is 422 g/mol. The van der Waals surface area contributed by atoms with Crippen molar-refractivity contribution in [1.82, 2.24) is 19.9 Å². The van der Waals surface area contributed by atoms with Gasteiger partial charge in [-0.25, -0.2) is 14.4 Å². The molecule has 1 saturated heterocycles. The first-order valence-corrected chi connectivity index (χ1v) is 10.5. The molecule has 0 amide bonds. The standard InChI is InChI=1S/C24H28FN5O/c1-17-10-19(11-18-4-6-21(25)7-5-18)12-22(28-17)23-16-30(8-9-31-23)15-20-13-26-24(27-14-20)29(2)3/h4-7,10,12-14,23H,8-9,11,15-16H2,1-3H3. The van der Waals surface area contributed by atoms with Crippen LogP contribution in [-0.4, -0.2) is 53.6 Å². The Balaban J connectivity index is 1.44. The zero-order valence-electron chi connectivity index (χ0n) is 18.3. The van der Waals surface area contributed by atoms with Gasteiger partial charge in [-0.15, -0.1) is 0 Å². The van der Waals surface area contributed by atoms with Gasteiger partial charge in [0, 0.05) is 57.4 Å². The van der Waals surface area contributed by atoms with Crippen molar-refractivity contribution in [2.24, 2.45) is 0 Å². The molecule has 0 aliphatic carbocycles. The Labute approximate surface area is 182 Å². The summed E-state index contributed by atoms with van der Waals surface area (Å²) < 4.78 is 19.3. The Morgan fingerprint density at radius 3 is 2.52 bits per heavy atom. The van der Waals surface area contributed by atoms with E-state index in [9.17, 15) is 4.39 Å². The molecule has 2 aromatic heterocycles. The van der Waals surface area contributed by atoms with E-state index < -0.39 is 0 Å². The van der Waals surface area contributed by atoms with E-state index >= 15 is 0 Å². The van der Waals surface area contributed by atoms with E-state index in [2.05, 4.69) is 27.0 Å². The highest BCUT2D eigenvalue weighted by Gasteiger charge is 2.24. The summed E-state index contributed by atoms with van der Waals surface area (Å²) in [4.78, 5) is 17.8. The Kier molecular flexibility index (Phi) is 6.53. The Morgan fingerprint density at radius 2 is 1.81 bits per heavy atom. The van der Waals surface area contributed by atoms with Gasteiger partial charge in [0.2, 0.25) is 5.95 Å². The fraction of sp³-hybridized carbons (Fsp3) is 0.375. The summed E-state index contributed by atoms with van der Waals surface area (Å²) in [6.07, 6.45) is 4.43. The van der Waals surface area contributed by atoms with Gasteiger partial charge in [-0.1, -0.05) is 12.1 Å². The molecule has 3 aromatic rings. The second kappa shape index (κ2) is 9.49. The highest BCUT2D eigenvalue weighted by atomic mass is 19.1. The number of hydrogen-bond acceptors (Lipinski definition) is 6. The second-order valence-electron chi connectivity index (χ2n) is 8.23. The van der Waals surface area contributed by atoms with Gasteiger partial charge in [-0.2, -0.15) is 0 Å². The molecule has 1 fully saturated rings. The molecule has 1 aliphatic rings. The summed E-state index contributed by atoms with van der Waals surface area (Å²) in [5.41, 5.74) is 5.22. The molecular weight excluding hydrogens is 393 g/mol. The van der Waals surface area contributed by atoms with Gasteiger partial charge < -0.3 is 9.64 Å². The first kappa shape index (κ1) is 21.3. The molecule has 1 aliphatic heterocycles. The Hall–Kier alpha value is -2.90. The normalized spacial score (nSPS) is 17.0. The van der Waals surface area contributed by atoms with E-state index in [1.807, 2.05) is 50.4 Å². The zero-order chi connectivity index (χ0) is 21.8. The van der Waals surface area contributed by atoms with Gasteiger partial charge in [0.05, 0.1) is 12.3 Å². The van der Waals surface area contributed by atoms with Gasteiger partial charge in [0.15, 0.2) is 0 Å². The minimum Gasteiger partial charge on any atom is -0.369 e. The predicted molar refractivity (Wildman–Crippen MR) is 119 cm³/mol. The van der Waals surface area contributed by atoms with Gasteiger partial charge in [0.1, 0.15) is 11.9 Å². The van der Waals surface area contributed by atoms with E-state index in [0.29, 0.717) is 12.6 Å². The maximum atomic E-state index is 13.2. The molecule has 162 valence electrons. The molecule has 4 rings (SSSR count). The van der Waals surface area contributed by atoms with Crippen LogP contribution >= 0.6 is 0 Å². The topological polar surface area (TPSA) is 54.4 Å². The van der Waals surface area contributed by atoms with Crippen molar-refractivity contribution in [1.29, 1.82) is 0 Å². The SMILES string of the molecule is Cc1cc(Cc2ccc(F)cc2)cc(C2CN(Cc3cnc(N(C)C)nc3)CCO2)n1. The highest BCUT2D eigenvalue weighted by molar-refractivity contribution is 5.30. The molecule has 0 saturated carbocycles. The van der Waals surface area contributed by atoms with Crippen molar-refractivity contribution in [2.75, 3.05) is 38.7 Å². The van der Waals surface area contributed by atoms with Crippen molar-refractivity contribution in [3.8, 4) is 0 Å². The van der Waals surface area contributed by atoms with Gasteiger partial charge in [-0.05, 0) is 48.7 Å². The number of rotatable bonds is 6. The maximum absolute atomic E-state index is 13.2. The fourth-order valence-electron chi connectivity index (χ4n) is 3.82. The lowest BCUT2D eigenvalue weighted by Gasteiger charge is -2.32. The molecule has 31 heavy (non-hydrogen) atoms. The van der Waals surface area contributed by atoms with Crippen molar-refractivity contribution in [3.05, 3.63) is 82.7 Å². The highest BCUT2D eigenvalue weighted by Crippen LogP contribution is 2.24. The van der Waals surface area contributed by atoms with E-state index in [1.165, 1.54) is 12.1 Å². The van der Waals surface area contributed by atoms with Crippen LogP contribution < -0.4 is 4.90 Å². The van der Waals surface area contributed by atoms with Crippen LogP contribution in [0.1, 0.15) is 34.2 Å². The van der Waals surface area contributed by atoms with Crippen molar-refractivity contribution >= 4 is 5.95 Å². The largest absolute Gasteiger partial charge is 0.369 e. The number of hydrogen-bond donors (Lipinski definition) is 0. The van der Waals surface area contributed by atoms with Crippen molar-refractivity contribution in [3.63, 3.8) is 0 Å². The summed E-state index contributed by atoms with van der Waals surface area (Å²) in [6.45, 7) is 5.07. The van der Waals surface area contributed by atoms with Crippen LogP contribution in [0.15, 0.2) is 48.8 Å². The van der Waals surface area contributed by atoms with E-state index in [-0.39, 0.29) is 11.9 Å². The zero-order valence-corrected chi connectivity index (χ0v) is 18.3. The van der Waals surface area contributed by atoms with E-state index in [0.717, 1.165) is 54.1 Å². The quantitative estimate of drug-likeness (QED) is 0.607. The molecule has 7 heteroatoms. The summed E-state index contributed by atoms with van der Waals surface area (Å²) in [6, 6.07) is 10.8. The lowest BCUT2D eigenvalue weighted by atomic mass is 10.0. The van der Waals surface area contributed by atoms with Gasteiger partial charge in [-0.3, -0.25) is 9.88 Å². The number of anilines is 1. The van der Waals surface area contributed by atoms with Gasteiger partial charge >= 0.3 is 0 Å². The third-order valence-electron chi connectivity index (χ3n) is 5.33. The van der Waals surface area contributed by atoms with Crippen LogP contribution in [0.3, 0.4) is 0 Å². The number of pyridine rings is 1. The number of aryl methyl sites for hydroxylation is 1. The third-order valence-corrected chi connectivity index (χ3v) is 5.33. The fourth-order valence-corrected chi connectivity index (χ4v) is 3.82. The van der Waals surface area contributed by atoms with Crippen molar-refractivity contribution in [2.45, 2.75) is 26.0 Å². The second-order valence-corrected chi connectivity index (χ2v) is 8.23. The summed E-state index contributed by atoms with van der Waals surface area (Å²) in [5.74, 6) is 0.494. The first-order valence-electron chi connectivity index (χ1n) is 10.5. The number of nitrogens with zero attached hydrogens (tertiary/aromatic N) is 5. The predicted octanol–water partition coefficient (Wildman–Crippen LogP) is 3.55. The maximum Gasteiger partial charge on any atom is 0.224 e. The third kappa shape index (κ3) is 5.62. The van der Waals surface area contributed by atoms with Crippen LogP contribution in [-0.2, 0) is 17.7 Å². The molecule has 0 spiro atoms. The van der Waals surface area contributed by atoms with Crippen LogP contribution in [0.5, 0.6) is 0 Å². The minimum absolute atomic E-state index is 0.0809. The molecule has 1 aromatic carbocycles. The van der Waals surface area contributed by atoms with Crippen molar-refractivity contribution < 1.29 is 9.13 Å². The lowest BCUT2D eigenvalue weighted by Crippen LogP contribution is -2.38. The summed E-state index contributed by atoms with van der Waals surface area (Å²) in [7, 11) is 3.86. The minimum atomic E-state index is -0.215. The number of halogens is 1. The molecule has 0 radical (unpaired) electrons. The van der Waals surface area contributed by atoms with E-state index in [1.54, 1.807) is 0 Å². The lowest BCUT2D eigenvalue weighted by molar-refractivity contribution is -0.0351. The Morgan fingerprint density at radius 1 is 1.06 bits per heavy atom. The smallest absolute Gasteiger partial charge is 0.224 e. The molecule has 0 N–H and O–H groups in total. The molecular formula is C24H28FN5O. The summed E-state index contributed by atoms with van der Waals surface area (Å²) in [5, 5.41) is 0. The number of ether oxygens (including phenoxy) is 1.